The summed E-state index contributed by atoms with van der Waals surface area (Å²) < 4.78 is 29.8. The first-order valence-electron chi connectivity index (χ1n) is 10.5. The Hall–Kier alpha value is -4.65. The van der Waals surface area contributed by atoms with Crippen LogP contribution in [0.4, 0.5) is 10.1 Å². The number of fused-ring (bicyclic) bond motifs is 2. The number of amides is 1. The Labute approximate surface area is 193 Å². The Morgan fingerprint density at radius 2 is 1.65 bits per heavy atom. The zero-order chi connectivity index (χ0) is 23.5. The van der Waals surface area contributed by atoms with E-state index in [0.29, 0.717) is 28.2 Å². The van der Waals surface area contributed by atoms with Crippen molar-refractivity contribution in [3.8, 4) is 17.2 Å². The molecule has 1 heterocycles. The molecule has 5 aromatic rings. The average Bonchev–Trinajstić information content (AvgIpc) is 2.86. The summed E-state index contributed by atoms with van der Waals surface area (Å²) in [5, 5.41) is 4.99. The Balaban J connectivity index is 1.29. The molecule has 168 valence electrons. The van der Waals surface area contributed by atoms with E-state index < -0.39 is 11.7 Å². The molecular formula is C27H18FNO5. The van der Waals surface area contributed by atoms with Crippen molar-refractivity contribution < 1.29 is 23.1 Å². The van der Waals surface area contributed by atoms with Crippen LogP contribution in [0.2, 0.25) is 0 Å². The largest absolute Gasteiger partial charge is 0.484 e. The van der Waals surface area contributed by atoms with Gasteiger partial charge in [0.25, 0.3) is 5.91 Å². The third-order valence-corrected chi connectivity index (χ3v) is 5.16. The zero-order valence-electron chi connectivity index (χ0n) is 17.8. The van der Waals surface area contributed by atoms with Crippen LogP contribution in [0, 0.1) is 5.82 Å². The Bertz CT molecular complexity index is 1560. The van der Waals surface area contributed by atoms with E-state index in [1.165, 1.54) is 36.6 Å². The molecule has 1 N–H and O–H groups in total. The molecule has 0 spiro atoms. The monoisotopic (exact) mass is 455 g/mol. The van der Waals surface area contributed by atoms with Gasteiger partial charge in [0, 0.05) is 11.8 Å². The minimum atomic E-state index is -0.410. The molecule has 0 atom stereocenters. The van der Waals surface area contributed by atoms with Crippen molar-refractivity contribution in [1.29, 1.82) is 0 Å². The lowest BCUT2D eigenvalue weighted by Crippen LogP contribution is -2.20. The van der Waals surface area contributed by atoms with Crippen LogP contribution < -0.4 is 20.2 Å². The maximum Gasteiger partial charge on any atom is 0.262 e. The number of rotatable bonds is 6. The number of ether oxygens (including phenoxy) is 2. The second-order valence-corrected chi connectivity index (χ2v) is 7.54. The molecule has 0 bridgehead atoms. The van der Waals surface area contributed by atoms with Crippen LogP contribution in [-0.2, 0) is 4.79 Å². The Kier molecular flexibility index (Phi) is 5.66. The quantitative estimate of drug-likeness (QED) is 0.345. The number of nitrogens with one attached hydrogen (secondary N) is 1. The van der Waals surface area contributed by atoms with Gasteiger partial charge in [0.1, 0.15) is 29.2 Å². The van der Waals surface area contributed by atoms with Gasteiger partial charge in [-0.2, -0.15) is 0 Å². The molecule has 0 radical (unpaired) electrons. The molecule has 5 rings (SSSR count). The number of anilines is 1. The summed E-state index contributed by atoms with van der Waals surface area (Å²) >= 11 is 0. The highest BCUT2D eigenvalue weighted by atomic mass is 19.1. The molecule has 0 aliphatic heterocycles. The van der Waals surface area contributed by atoms with E-state index in [2.05, 4.69) is 5.32 Å². The fourth-order valence-electron chi connectivity index (χ4n) is 3.49. The minimum absolute atomic E-state index is 0.0649. The molecule has 4 aromatic carbocycles. The van der Waals surface area contributed by atoms with Crippen molar-refractivity contribution in [1.82, 2.24) is 0 Å². The molecule has 6 nitrogen and oxygen atoms in total. The number of hydrogen-bond donors (Lipinski definition) is 1. The maximum absolute atomic E-state index is 13.0. The van der Waals surface area contributed by atoms with Gasteiger partial charge >= 0.3 is 0 Å². The lowest BCUT2D eigenvalue weighted by atomic mass is 10.1. The maximum atomic E-state index is 13.0. The van der Waals surface area contributed by atoms with Gasteiger partial charge in [-0.25, -0.2) is 4.39 Å². The summed E-state index contributed by atoms with van der Waals surface area (Å²) in [4.78, 5) is 25.0. The predicted octanol–water partition coefficient (Wildman–Crippen LogP) is 5.90. The molecule has 0 saturated heterocycles. The fourth-order valence-corrected chi connectivity index (χ4v) is 3.49. The molecule has 0 saturated carbocycles. The van der Waals surface area contributed by atoms with Gasteiger partial charge in [-0.05, 0) is 59.3 Å². The third-order valence-electron chi connectivity index (χ3n) is 5.16. The number of halogens is 1. The molecular weight excluding hydrogens is 437 g/mol. The lowest BCUT2D eigenvalue weighted by Gasteiger charge is -2.09. The van der Waals surface area contributed by atoms with Crippen LogP contribution >= 0.6 is 0 Å². The second-order valence-electron chi connectivity index (χ2n) is 7.54. The molecule has 7 heteroatoms. The fraction of sp³-hybridized carbons (Fsp3) is 0.0370. The summed E-state index contributed by atoms with van der Waals surface area (Å²) in [6.45, 7) is -0.268. The van der Waals surface area contributed by atoms with E-state index in [1.54, 1.807) is 18.2 Å². The molecule has 0 fully saturated rings. The van der Waals surface area contributed by atoms with Gasteiger partial charge < -0.3 is 19.2 Å². The summed E-state index contributed by atoms with van der Waals surface area (Å²) in [5.74, 6) is 0.144. The highest BCUT2D eigenvalue weighted by Crippen LogP contribution is 2.26. The van der Waals surface area contributed by atoms with Crippen molar-refractivity contribution in [2.24, 2.45) is 0 Å². The summed E-state index contributed by atoms with van der Waals surface area (Å²) in [5.41, 5.74) is 0.431. The highest BCUT2D eigenvalue weighted by Gasteiger charge is 2.12. The van der Waals surface area contributed by atoms with E-state index >= 15 is 0 Å². The van der Waals surface area contributed by atoms with Crippen LogP contribution in [0.15, 0.2) is 100 Å². The van der Waals surface area contributed by atoms with E-state index in [9.17, 15) is 14.0 Å². The minimum Gasteiger partial charge on any atom is -0.484 e. The van der Waals surface area contributed by atoms with Crippen molar-refractivity contribution in [3.05, 3.63) is 107 Å². The van der Waals surface area contributed by atoms with Gasteiger partial charge in [-0.1, -0.05) is 30.3 Å². The van der Waals surface area contributed by atoms with E-state index in [-0.39, 0.29) is 17.8 Å². The molecule has 0 unspecified atom stereocenters. The Morgan fingerprint density at radius 3 is 2.47 bits per heavy atom. The normalized spacial score (nSPS) is 10.9. The van der Waals surface area contributed by atoms with Crippen LogP contribution in [0.5, 0.6) is 17.2 Å². The summed E-state index contributed by atoms with van der Waals surface area (Å²) in [6, 6.07) is 23.5. The van der Waals surface area contributed by atoms with Gasteiger partial charge in [-0.15, -0.1) is 0 Å². The van der Waals surface area contributed by atoms with Gasteiger partial charge in [0.15, 0.2) is 6.61 Å². The summed E-state index contributed by atoms with van der Waals surface area (Å²) in [6.07, 6.45) is 1.25. The van der Waals surface area contributed by atoms with Crippen molar-refractivity contribution in [3.63, 3.8) is 0 Å². The second kappa shape index (κ2) is 9.07. The first kappa shape index (κ1) is 21.2. The SMILES string of the molecule is O=C(COc1ccc2c(=O)c(Oc3ccc4ccccc4c3)coc2c1)Nc1ccc(F)cc1. The average molecular weight is 455 g/mol. The molecule has 34 heavy (non-hydrogen) atoms. The Morgan fingerprint density at radius 1 is 0.882 bits per heavy atom. The van der Waals surface area contributed by atoms with Crippen molar-refractivity contribution >= 4 is 33.3 Å². The van der Waals surface area contributed by atoms with E-state index in [4.69, 9.17) is 13.9 Å². The number of carbonyl (C=O) groups is 1. The number of hydrogen-bond acceptors (Lipinski definition) is 5. The van der Waals surface area contributed by atoms with E-state index in [0.717, 1.165) is 10.8 Å². The molecule has 0 aliphatic rings. The van der Waals surface area contributed by atoms with Crippen LogP contribution in [-0.4, -0.2) is 12.5 Å². The zero-order valence-corrected chi connectivity index (χ0v) is 17.8. The highest BCUT2D eigenvalue weighted by molar-refractivity contribution is 5.92. The molecule has 0 aliphatic carbocycles. The van der Waals surface area contributed by atoms with Gasteiger partial charge in [-0.3, -0.25) is 9.59 Å². The van der Waals surface area contributed by atoms with E-state index in [1.807, 2.05) is 36.4 Å². The lowest BCUT2D eigenvalue weighted by molar-refractivity contribution is -0.118. The molecule has 1 amide bonds. The number of carbonyl (C=O) groups excluding carboxylic acids is 1. The number of benzene rings is 4. The van der Waals surface area contributed by atoms with Crippen LogP contribution in [0.3, 0.4) is 0 Å². The van der Waals surface area contributed by atoms with Gasteiger partial charge in [0.2, 0.25) is 11.2 Å². The smallest absolute Gasteiger partial charge is 0.262 e. The molecule has 1 aromatic heterocycles. The summed E-state index contributed by atoms with van der Waals surface area (Å²) in [7, 11) is 0. The topological polar surface area (TPSA) is 77.8 Å². The van der Waals surface area contributed by atoms with Crippen molar-refractivity contribution in [2.45, 2.75) is 0 Å². The van der Waals surface area contributed by atoms with Gasteiger partial charge in [0.05, 0.1) is 5.39 Å². The van der Waals surface area contributed by atoms with Crippen LogP contribution in [0.1, 0.15) is 0 Å². The van der Waals surface area contributed by atoms with Crippen LogP contribution in [0.25, 0.3) is 21.7 Å². The first-order valence-corrected chi connectivity index (χ1v) is 10.5. The predicted molar refractivity (Wildman–Crippen MR) is 127 cm³/mol. The standard InChI is InChI=1S/C27H18FNO5/c28-19-6-8-20(9-7-19)29-26(30)16-32-21-11-12-23-24(14-21)33-15-25(27(23)31)34-22-10-5-17-3-1-2-4-18(17)13-22/h1-15H,16H2,(H,29,30). The van der Waals surface area contributed by atoms with Crippen molar-refractivity contribution in [2.75, 3.05) is 11.9 Å². The first-order chi connectivity index (χ1) is 16.5. The third kappa shape index (κ3) is 4.59.